The van der Waals surface area contributed by atoms with E-state index in [9.17, 15) is 0 Å². The van der Waals surface area contributed by atoms with E-state index in [4.69, 9.17) is 5.26 Å². The van der Waals surface area contributed by atoms with Crippen LogP contribution in [0.25, 0.3) is 28.0 Å². The van der Waals surface area contributed by atoms with Crippen molar-refractivity contribution < 1.29 is 0 Å². The molecule has 4 aromatic heterocycles. The van der Waals surface area contributed by atoms with Crippen LogP contribution >= 0.6 is 0 Å². The van der Waals surface area contributed by atoms with E-state index in [0.717, 1.165) is 22.2 Å². The topological polar surface area (TPSA) is 97.2 Å². The highest BCUT2D eigenvalue weighted by Crippen LogP contribution is 2.36. The van der Waals surface area contributed by atoms with Crippen molar-refractivity contribution >= 4 is 16.7 Å². The second-order valence-electron chi connectivity index (χ2n) is 7.63. The molecule has 0 bridgehead atoms. The van der Waals surface area contributed by atoms with Gasteiger partial charge in [-0.25, -0.2) is 9.97 Å². The van der Waals surface area contributed by atoms with Gasteiger partial charge in [0.25, 0.3) is 0 Å². The smallest absolute Gasteiger partial charge is 0.164 e. The molecule has 0 atom stereocenters. The number of pyridine rings is 2. The van der Waals surface area contributed by atoms with E-state index < -0.39 is 0 Å². The average molecular weight is 384 g/mol. The Morgan fingerprint density at radius 1 is 1.10 bits per heavy atom. The first kappa shape index (κ1) is 17.4. The van der Waals surface area contributed by atoms with Crippen molar-refractivity contribution in [3.8, 4) is 23.0 Å². The molecule has 1 saturated carbocycles. The normalized spacial score (nSPS) is 13.7. The first-order valence-corrected chi connectivity index (χ1v) is 9.68. The lowest BCUT2D eigenvalue weighted by Crippen LogP contribution is -2.12. The van der Waals surface area contributed by atoms with Crippen LogP contribution in [-0.4, -0.2) is 35.6 Å². The minimum atomic E-state index is 0.258. The molecule has 8 nitrogen and oxygen atoms in total. The van der Waals surface area contributed by atoms with E-state index in [1.54, 1.807) is 23.1 Å². The quantitative estimate of drug-likeness (QED) is 0.563. The van der Waals surface area contributed by atoms with Gasteiger partial charge in [-0.2, -0.15) is 20.1 Å². The van der Waals surface area contributed by atoms with Crippen molar-refractivity contribution in [3.05, 3.63) is 48.7 Å². The minimum absolute atomic E-state index is 0.258. The molecule has 144 valence electrons. The number of rotatable bonds is 5. The zero-order valence-corrected chi connectivity index (χ0v) is 16.2. The molecule has 0 radical (unpaired) electrons. The number of hydrogen-bond acceptors (Lipinski definition) is 6. The summed E-state index contributed by atoms with van der Waals surface area (Å²) in [6.07, 6.45) is 11.5. The molecule has 0 unspecified atom stereocenters. The van der Waals surface area contributed by atoms with Gasteiger partial charge < -0.3 is 5.32 Å². The molecule has 29 heavy (non-hydrogen) atoms. The summed E-state index contributed by atoms with van der Waals surface area (Å²) in [5.74, 6) is 0.665. The lowest BCUT2D eigenvalue weighted by Gasteiger charge is -2.15. The van der Waals surface area contributed by atoms with Crippen molar-refractivity contribution in [1.82, 2.24) is 29.5 Å². The fourth-order valence-corrected chi connectivity index (χ4v) is 3.39. The van der Waals surface area contributed by atoms with E-state index in [1.165, 1.54) is 12.8 Å². The number of aromatic nitrogens is 6. The van der Waals surface area contributed by atoms with Gasteiger partial charge in [-0.1, -0.05) is 0 Å². The summed E-state index contributed by atoms with van der Waals surface area (Å²) >= 11 is 0. The molecule has 1 N–H and O–H groups in total. The fourth-order valence-electron chi connectivity index (χ4n) is 3.39. The highest BCUT2D eigenvalue weighted by Gasteiger charge is 2.25. The lowest BCUT2D eigenvalue weighted by molar-refractivity contribution is 0.642. The van der Waals surface area contributed by atoms with E-state index >= 15 is 0 Å². The zero-order chi connectivity index (χ0) is 20.0. The number of hydrogen-bond donors (Lipinski definition) is 1. The van der Waals surface area contributed by atoms with Gasteiger partial charge in [-0.05, 0) is 32.8 Å². The Kier molecular flexibility index (Phi) is 4.02. The predicted octanol–water partition coefficient (Wildman–Crippen LogP) is 3.71. The largest absolute Gasteiger partial charge is 0.382 e. The van der Waals surface area contributed by atoms with Gasteiger partial charge in [-0.3, -0.25) is 4.68 Å². The molecule has 0 amide bonds. The van der Waals surface area contributed by atoms with Crippen LogP contribution in [0.1, 0.15) is 38.3 Å². The Morgan fingerprint density at radius 2 is 1.97 bits per heavy atom. The van der Waals surface area contributed by atoms with Gasteiger partial charge in [0, 0.05) is 52.9 Å². The number of nitrogens with zero attached hydrogens (tertiary/aromatic N) is 7. The van der Waals surface area contributed by atoms with Crippen molar-refractivity contribution in [2.75, 3.05) is 5.32 Å². The summed E-state index contributed by atoms with van der Waals surface area (Å²) < 4.78 is 3.74. The number of anilines is 1. The van der Waals surface area contributed by atoms with Crippen LogP contribution in [0.3, 0.4) is 0 Å². The second-order valence-corrected chi connectivity index (χ2v) is 7.63. The maximum Gasteiger partial charge on any atom is 0.164 e. The highest BCUT2D eigenvalue weighted by atomic mass is 15.3. The molecular weight excluding hydrogens is 364 g/mol. The van der Waals surface area contributed by atoms with E-state index in [1.807, 2.05) is 23.1 Å². The lowest BCUT2D eigenvalue weighted by atomic mass is 10.1. The maximum absolute atomic E-state index is 9.08. The molecule has 0 saturated heterocycles. The van der Waals surface area contributed by atoms with Crippen LogP contribution in [0.15, 0.2) is 43.1 Å². The Morgan fingerprint density at radius 3 is 2.72 bits per heavy atom. The molecule has 0 spiro atoms. The van der Waals surface area contributed by atoms with Crippen LogP contribution in [0.4, 0.5) is 5.69 Å². The van der Waals surface area contributed by atoms with Crippen LogP contribution in [-0.2, 0) is 0 Å². The molecule has 0 aliphatic heterocycles. The first-order chi connectivity index (χ1) is 14.1. The molecule has 1 aliphatic carbocycles. The summed E-state index contributed by atoms with van der Waals surface area (Å²) in [4.78, 5) is 9.04. The molecule has 1 aliphatic rings. The van der Waals surface area contributed by atoms with E-state index in [0.29, 0.717) is 23.1 Å². The molecular formula is C21H20N8. The van der Waals surface area contributed by atoms with Crippen molar-refractivity contribution in [2.45, 2.75) is 38.8 Å². The third-order valence-electron chi connectivity index (χ3n) is 4.92. The molecule has 1 fully saturated rings. The maximum atomic E-state index is 9.08. The standard InChI is InChI=1S/C21H20N8/c1-13(2)27-19-6-20(29-21-15(9-26-29)5-14(7-22)8-24-21)23-11-18(19)16-10-25-28(12-16)17-3-4-17/h5-6,8-13,17H,3-4H2,1-2H3,(H,23,27). The summed E-state index contributed by atoms with van der Waals surface area (Å²) in [6, 6.07) is 6.66. The highest BCUT2D eigenvalue weighted by molar-refractivity contribution is 5.80. The average Bonchev–Trinajstić information content (AvgIpc) is 3.30. The van der Waals surface area contributed by atoms with Gasteiger partial charge in [0.2, 0.25) is 0 Å². The van der Waals surface area contributed by atoms with Crippen LogP contribution in [0.2, 0.25) is 0 Å². The van der Waals surface area contributed by atoms with Crippen LogP contribution in [0, 0.1) is 11.3 Å². The SMILES string of the molecule is CC(C)Nc1cc(-n2ncc3cc(C#N)cnc32)ncc1-c1cnn(C2CC2)c1. The van der Waals surface area contributed by atoms with Crippen molar-refractivity contribution in [1.29, 1.82) is 5.26 Å². The van der Waals surface area contributed by atoms with Gasteiger partial charge in [-0.15, -0.1) is 0 Å². The first-order valence-electron chi connectivity index (χ1n) is 9.68. The van der Waals surface area contributed by atoms with Crippen molar-refractivity contribution in [2.24, 2.45) is 0 Å². The Labute approximate surface area is 167 Å². The fraction of sp³-hybridized carbons (Fsp3) is 0.286. The second kappa shape index (κ2) is 6.71. The van der Waals surface area contributed by atoms with Crippen LogP contribution < -0.4 is 5.32 Å². The number of fused-ring (bicyclic) bond motifs is 1. The van der Waals surface area contributed by atoms with Gasteiger partial charge >= 0.3 is 0 Å². The zero-order valence-electron chi connectivity index (χ0n) is 16.2. The molecule has 4 heterocycles. The Bertz CT molecular complexity index is 1240. The van der Waals surface area contributed by atoms with Gasteiger partial charge in [0.05, 0.1) is 24.0 Å². The summed E-state index contributed by atoms with van der Waals surface area (Å²) in [5.41, 5.74) is 4.20. The monoisotopic (exact) mass is 384 g/mol. The summed E-state index contributed by atoms with van der Waals surface area (Å²) in [6.45, 7) is 4.21. The third-order valence-corrected chi connectivity index (χ3v) is 4.92. The minimum Gasteiger partial charge on any atom is -0.382 e. The summed E-state index contributed by atoms with van der Waals surface area (Å²) in [7, 11) is 0. The molecule has 0 aromatic carbocycles. The van der Waals surface area contributed by atoms with Crippen molar-refractivity contribution in [3.63, 3.8) is 0 Å². The van der Waals surface area contributed by atoms with E-state index in [-0.39, 0.29) is 6.04 Å². The molecule has 8 heteroatoms. The third kappa shape index (κ3) is 3.21. The summed E-state index contributed by atoms with van der Waals surface area (Å²) in [5, 5.41) is 22.3. The van der Waals surface area contributed by atoms with Crippen LogP contribution in [0.5, 0.6) is 0 Å². The Hall–Kier alpha value is -3.73. The Balaban J connectivity index is 1.58. The van der Waals surface area contributed by atoms with E-state index in [2.05, 4.69) is 51.6 Å². The van der Waals surface area contributed by atoms with Gasteiger partial charge in [0.15, 0.2) is 11.5 Å². The number of nitriles is 1. The predicted molar refractivity (Wildman–Crippen MR) is 110 cm³/mol. The van der Waals surface area contributed by atoms with Gasteiger partial charge in [0.1, 0.15) is 6.07 Å². The number of nitrogens with one attached hydrogen (secondary N) is 1. The molecule has 5 rings (SSSR count). The molecule has 4 aromatic rings.